The molecule has 3 aromatic rings. The monoisotopic (exact) mass is 566 g/mol. The van der Waals surface area contributed by atoms with Gasteiger partial charge >= 0.3 is 0 Å². The van der Waals surface area contributed by atoms with Crippen molar-refractivity contribution in [2.75, 3.05) is 50.4 Å². The molecule has 198 valence electrons. The maximum absolute atomic E-state index is 13.9. The van der Waals surface area contributed by atoms with Crippen molar-refractivity contribution in [1.29, 1.82) is 0 Å². The minimum absolute atomic E-state index is 0.103. The smallest absolute Gasteiger partial charge is 0.265 e. The Hall–Kier alpha value is -3.49. The number of sulfonamides is 1. The quantitative estimate of drug-likeness (QED) is 0.186. The second-order valence-corrected chi connectivity index (χ2v) is 11.2. The molecule has 1 amide bonds. The number of nitrogens with zero attached hydrogens (tertiary/aromatic N) is 3. The largest absolute Gasteiger partial charge is 0.497 e. The number of thioether (sulfide) groups is 1. The summed E-state index contributed by atoms with van der Waals surface area (Å²) in [5.74, 6) is 1.16. The summed E-state index contributed by atoms with van der Waals surface area (Å²) >= 11 is 2.58. The summed E-state index contributed by atoms with van der Waals surface area (Å²) in [5, 5.41) is 10.8. The third-order valence-corrected chi connectivity index (χ3v) is 8.59. The van der Waals surface area contributed by atoms with E-state index in [1.54, 1.807) is 18.2 Å². The van der Waals surface area contributed by atoms with Gasteiger partial charge in [-0.1, -0.05) is 29.2 Å². The van der Waals surface area contributed by atoms with Gasteiger partial charge in [-0.05, 0) is 24.3 Å². The average Bonchev–Trinajstić information content (AvgIpc) is 3.36. The van der Waals surface area contributed by atoms with E-state index in [0.717, 1.165) is 4.31 Å². The highest BCUT2D eigenvalue weighted by molar-refractivity contribution is 8.01. The van der Waals surface area contributed by atoms with Crippen molar-refractivity contribution in [3.8, 4) is 23.0 Å². The standard InChI is InChI=1S/C23H26N4O7S3/c1-6-11-35-23-26-25-22(36-23)24-21(28)14-27(17-12-15(31-2)7-9-18(17)32-3)37(29,30)16-8-10-19(33-4)20(13-16)34-5/h6-10,12-13H,1,11,14H2,2-5H3,(H,24,25,28). The Balaban J connectivity index is 2.02. The molecule has 0 spiro atoms. The van der Waals surface area contributed by atoms with E-state index in [0.29, 0.717) is 21.6 Å². The summed E-state index contributed by atoms with van der Waals surface area (Å²) in [4.78, 5) is 12.9. The summed E-state index contributed by atoms with van der Waals surface area (Å²) in [6, 6.07) is 8.79. The zero-order valence-corrected chi connectivity index (χ0v) is 23.0. The normalized spacial score (nSPS) is 10.9. The van der Waals surface area contributed by atoms with E-state index >= 15 is 0 Å². The van der Waals surface area contributed by atoms with Crippen LogP contribution < -0.4 is 28.6 Å². The molecule has 37 heavy (non-hydrogen) atoms. The fraction of sp³-hybridized carbons (Fsp3) is 0.261. The fourth-order valence-corrected chi connectivity index (χ4v) is 6.10. The van der Waals surface area contributed by atoms with Crippen LogP contribution in [0.5, 0.6) is 23.0 Å². The summed E-state index contributed by atoms with van der Waals surface area (Å²) in [7, 11) is 1.38. The number of hydrogen-bond donors (Lipinski definition) is 1. The Labute approximate surface area is 223 Å². The number of methoxy groups -OCH3 is 4. The first kappa shape index (κ1) is 28.1. The van der Waals surface area contributed by atoms with Crippen LogP contribution in [0.25, 0.3) is 0 Å². The molecule has 0 fully saturated rings. The zero-order valence-electron chi connectivity index (χ0n) is 20.6. The Morgan fingerprint density at radius 2 is 1.73 bits per heavy atom. The number of aromatic nitrogens is 2. The highest BCUT2D eigenvalue weighted by atomic mass is 32.2. The maximum atomic E-state index is 13.9. The van der Waals surface area contributed by atoms with Gasteiger partial charge in [0.05, 0.1) is 39.0 Å². The number of amides is 1. The minimum atomic E-state index is -4.31. The van der Waals surface area contributed by atoms with Crippen molar-refractivity contribution >= 4 is 49.8 Å². The van der Waals surface area contributed by atoms with E-state index in [2.05, 4.69) is 22.1 Å². The van der Waals surface area contributed by atoms with Gasteiger partial charge in [-0.25, -0.2) is 8.42 Å². The lowest BCUT2D eigenvalue weighted by molar-refractivity contribution is -0.114. The van der Waals surface area contributed by atoms with Gasteiger partial charge < -0.3 is 18.9 Å². The molecule has 0 atom stereocenters. The lowest BCUT2D eigenvalue weighted by Gasteiger charge is -2.26. The predicted octanol–water partition coefficient (Wildman–Crippen LogP) is 3.68. The number of hydrogen-bond acceptors (Lipinski definition) is 11. The topological polar surface area (TPSA) is 129 Å². The molecule has 0 saturated carbocycles. The van der Waals surface area contributed by atoms with Gasteiger partial charge in [0.2, 0.25) is 11.0 Å². The molecular weight excluding hydrogens is 540 g/mol. The molecule has 2 aromatic carbocycles. The van der Waals surface area contributed by atoms with Crippen molar-refractivity contribution in [3.05, 3.63) is 49.1 Å². The molecular formula is C23H26N4O7S3. The minimum Gasteiger partial charge on any atom is -0.497 e. The number of rotatable bonds is 13. The maximum Gasteiger partial charge on any atom is 0.265 e. The number of anilines is 2. The molecule has 0 aliphatic heterocycles. The summed E-state index contributed by atoms with van der Waals surface area (Å²) < 4.78 is 50.5. The van der Waals surface area contributed by atoms with Crippen LogP contribution in [0.15, 0.2) is 58.3 Å². The van der Waals surface area contributed by atoms with Gasteiger partial charge in [0.15, 0.2) is 15.8 Å². The SMILES string of the molecule is C=CCSc1nnc(NC(=O)CN(c2cc(OC)ccc2OC)S(=O)(=O)c2ccc(OC)c(OC)c2)s1. The molecule has 0 aliphatic carbocycles. The Morgan fingerprint density at radius 3 is 2.38 bits per heavy atom. The van der Waals surface area contributed by atoms with E-state index in [1.807, 2.05) is 0 Å². The first-order chi connectivity index (χ1) is 17.8. The van der Waals surface area contributed by atoms with Crippen molar-refractivity contribution < 1.29 is 32.2 Å². The molecule has 0 radical (unpaired) electrons. The van der Waals surface area contributed by atoms with Gasteiger partial charge in [-0.3, -0.25) is 14.4 Å². The third kappa shape index (κ3) is 6.64. The van der Waals surface area contributed by atoms with Crippen molar-refractivity contribution in [1.82, 2.24) is 10.2 Å². The summed E-state index contributed by atoms with van der Waals surface area (Å²) in [6.45, 7) is 3.07. The van der Waals surface area contributed by atoms with Crippen LogP contribution in [0.1, 0.15) is 0 Å². The molecule has 11 nitrogen and oxygen atoms in total. The highest BCUT2D eigenvalue weighted by Gasteiger charge is 2.31. The van der Waals surface area contributed by atoms with E-state index in [1.165, 1.54) is 75.8 Å². The van der Waals surface area contributed by atoms with Crippen molar-refractivity contribution in [3.63, 3.8) is 0 Å². The number of carbonyl (C=O) groups is 1. The number of nitrogens with one attached hydrogen (secondary N) is 1. The highest BCUT2D eigenvalue weighted by Crippen LogP contribution is 2.37. The summed E-state index contributed by atoms with van der Waals surface area (Å²) in [5.41, 5.74) is 0.103. The van der Waals surface area contributed by atoms with E-state index in [-0.39, 0.29) is 27.2 Å². The molecule has 0 unspecified atom stereocenters. The van der Waals surface area contributed by atoms with E-state index in [4.69, 9.17) is 18.9 Å². The lowest BCUT2D eigenvalue weighted by atomic mass is 10.2. The van der Waals surface area contributed by atoms with Gasteiger partial charge in [-0.2, -0.15) is 0 Å². The van der Waals surface area contributed by atoms with Gasteiger partial charge in [0, 0.05) is 17.9 Å². The van der Waals surface area contributed by atoms with Crippen LogP contribution in [0.3, 0.4) is 0 Å². The van der Waals surface area contributed by atoms with Crippen LogP contribution in [-0.4, -0.2) is 65.3 Å². The van der Waals surface area contributed by atoms with Gasteiger partial charge in [0.25, 0.3) is 10.0 Å². The first-order valence-corrected chi connectivity index (χ1v) is 13.9. The van der Waals surface area contributed by atoms with Crippen LogP contribution in [-0.2, 0) is 14.8 Å². The second kappa shape index (κ2) is 12.7. The predicted molar refractivity (Wildman–Crippen MR) is 143 cm³/mol. The number of carbonyl (C=O) groups excluding carboxylic acids is 1. The molecule has 14 heteroatoms. The van der Waals surface area contributed by atoms with Gasteiger partial charge in [0.1, 0.15) is 18.0 Å². The van der Waals surface area contributed by atoms with Crippen LogP contribution >= 0.6 is 23.1 Å². The first-order valence-electron chi connectivity index (χ1n) is 10.6. The number of ether oxygens (including phenoxy) is 4. The molecule has 1 aromatic heterocycles. The van der Waals surface area contributed by atoms with Crippen LogP contribution in [0.2, 0.25) is 0 Å². The average molecular weight is 567 g/mol. The zero-order chi connectivity index (χ0) is 27.0. The van der Waals surface area contributed by atoms with E-state index in [9.17, 15) is 13.2 Å². The van der Waals surface area contributed by atoms with E-state index < -0.39 is 22.5 Å². The van der Waals surface area contributed by atoms with Crippen LogP contribution in [0, 0.1) is 0 Å². The third-order valence-electron chi connectivity index (χ3n) is 4.86. The second-order valence-electron chi connectivity index (χ2n) is 7.09. The van der Waals surface area contributed by atoms with Crippen LogP contribution in [0.4, 0.5) is 10.8 Å². The Morgan fingerprint density at radius 1 is 1.03 bits per heavy atom. The molecule has 1 heterocycles. The van der Waals surface area contributed by atoms with Crippen molar-refractivity contribution in [2.24, 2.45) is 0 Å². The summed E-state index contributed by atoms with van der Waals surface area (Å²) in [6.07, 6.45) is 1.72. The molecule has 1 N–H and O–H groups in total. The molecule has 0 saturated heterocycles. The fourth-order valence-electron chi connectivity index (χ4n) is 3.13. The lowest BCUT2D eigenvalue weighted by Crippen LogP contribution is -2.38. The Kier molecular flexibility index (Phi) is 9.60. The molecule has 0 bridgehead atoms. The molecule has 0 aliphatic rings. The number of benzene rings is 2. The van der Waals surface area contributed by atoms with Gasteiger partial charge in [-0.15, -0.1) is 16.8 Å². The molecule has 3 rings (SSSR count). The van der Waals surface area contributed by atoms with Crippen molar-refractivity contribution in [2.45, 2.75) is 9.24 Å². The Bertz CT molecular complexity index is 1360.